The smallest absolute Gasteiger partial charge is 0.166 e. The number of anilines is 1. The van der Waals surface area contributed by atoms with Gasteiger partial charge in [0.25, 0.3) is 0 Å². The zero-order valence-corrected chi connectivity index (χ0v) is 17.1. The molecule has 0 saturated heterocycles. The summed E-state index contributed by atoms with van der Waals surface area (Å²) in [6.45, 7) is 0.650. The minimum Gasteiger partial charge on any atom is -0.497 e. The average molecular weight is 405 g/mol. The Hall–Kier alpha value is -3.81. The van der Waals surface area contributed by atoms with Crippen molar-refractivity contribution in [1.82, 2.24) is 19.5 Å². The highest BCUT2D eigenvalue weighted by Crippen LogP contribution is 2.35. The minimum atomic E-state index is 0.333. The number of aryl methyl sites for hydroxylation is 2. The molecular weight excluding hydrogens is 382 g/mol. The van der Waals surface area contributed by atoms with E-state index in [2.05, 4.69) is 9.97 Å². The van der Waals surface area contributed by atoms with Gasteiger partial charge in [0.2, 0.25) is 0 Å². The molecule has 0 spiro atoms. The number of methoxy groups -OCH3 is 3. The number of para-hydroxylation sites is 1. The molecule has 4 rings (SSSR count). The van der Waals surface area contributed by atoms with Gasteiger partial charge < -0.3 is 24.5 Å². The number of nitrogens with zero attached hydrogens (tertiary/aromatic N) is 4. The summed E-state index contributed by atoms with van der Waals surface area (Å²) in [5, 5.41) is 0. The van der Waals surface area contributed by atoms with Crippen LogP contribution in [0.5, 0.6) is 17.2 Å². The Morgan fingerprint density at radius 3 is 2.50 bits per heavy atom. The lowest BCUT2D eigenvalue weighted by molar-refractivity contribution is 0.404. The minimum absolute atomic E-state index is 0.333. The quantitative estimate of drug-likeness (QED) is 0.504. The van der Waals surface area contributed by atoms with Gasteiger partial charge in [0, 0.05) is 6.54 Å². The Morgan fingerprint density at radius 2 is 1.73 bits per heavy atom. The summed E-state index contributed by atoms with van der Waals surface area (Å²) in [4.78, 5) is 13.7. The number of rotatable bonds is 7. The number of aromatic nitrogens is 4. The van der Waals surface area contributed by atoms with Gasteiger partial charge in [0.1, 0.15) is 17.2 Å². The number of nitrogens with two attached hydrogens (primary N) is 1. The number of hydrogen-bond donors (Lipinski definition) is 1. The fourth-order valence-electron chi connectivity index (χ4n) is 3.38. The van der Waals surface area contributed by atoms with Gasteiger partial charge in [-0.2, -0.15) is 0 Å². The molecule has 0 aromatic heterocycles. The molecule has 2 aromatic rings. The Kier molecular flexibility index (Phi) is 5.38. The Balaban J connectivity index is 1.73. The molecule has 0 unspecified atom stereocenters. The fourth-order valence-corrected chi connectivity index (χ4v) is 3.38. The van der Waals surface area contributed by atoms with Crippen LogP contribution in [0.2, 0.25) is 0 Å². The van der Waals surface area contributed by atoms with E-state index >= 15 is 0 Å². The third kappa shape index (κ3) is 3.59. The van der Waals surface area contributed by atoms with Gasteiger partial charge in [-0.1, -0.05) is 18.2 Å². The summed E-state index contributed by atoms with van der Waals surface area (Å²) in [6.07, 6.45) is 2.44. The van der Waals surface area contributed by atoms with E-state index in [4.69, 9.17) is 24.9 Å². The largest absolute Gasteiger partial charge is 0.497 e. The lowest BCUT2D eigenvalue weighted by atomic mass is 10.1. The summed E-state index contributed by atoms with van der Waals surface area (Å²) >= 11 is 0. The molecule has 2 aliphatic rings. The molecule has 8 heteroatoms. The first-order valence-corrected chi connectivity index (χ1v) is 9.47. The average Bonchev–Trinajstić information content (AvgIpc) is 3.25. The van der Waals surface area contributed by atoms with Crippen molar-refractivity contribution >= 4 is 5.82 Å². The Morgan fingerprint density at radius 1 is 0.933 bits per heavy atom. The summed E-state index contributed by atoms with van der Waals surface area (Å²) in [5.41, 5.74) is 8.48. The van der Waals surface area contributed by atoms with Crippen LogP contribution < -0.4 is 19.9 Å². The van der Waals surface area contributed by atoms with Crippen LogP contribution in [0.1, 0.15) is 5.56 Å². The molecule has 8 nitrogen and oxygen atoms in total. The first-order valence-electron chi connectivity index (χ1n) is 9.47. The summed E-state index contributed by atoms with van der Waals surface area (Å²) in [5.74, 6) is 3.70. The third-order valence-electron chi connectivity index (χ3n) is 4.95. The molecule has 154 valence electrons. The number of hydrogen-bond acceptors (Lipinski definition) is 7. The molecule has 0 amide bonds. The van der Waals surface area contributed by atoms with E-state index in [1.54, 1.807) is 27.7 Å². The molecule has 0 radical (unpaired) electrons. The van der Waals surface area contributed by atoms with Crippen molar-refractivity contribution in [2.45, 2.75) is 13.0 Å². The van der Waals surface area contributed by atoms with Crippen molar-refractivity contribution in [1.29, 1.82) is 0 Å². The highest BCUT2D eigenvalue weighted by molar-refractivity contribution is 5.74. The lowest BCUT2D eigenvalue weighted by Crippen LogP contribution is -2.10. The van der Waals surface area contributed by atoms with Gasteiger partial charge >= 0.3 is 0 Å². The maximum Gasteiger partial charge on any atom is 0.166 e. The van der Waals surface area contributed by atoms with Crippen molar-refractivity contribution in [3.8, 4) is 40.2 Å². The standard InChI is InChI=1S/C22H23N5O3/c1-28-15-8-9-18(30-3)16(12-15)21-25-19-20(23)24-13-27(22(19)26-21)11-10-14-6-4-5-7-17(14)29-2/h4-9,12-13H,10-11,23H2,1-3H3. The molecule has 30 heavy (non-hydrogen) atoms. The van der Waals surface area contributed by atoms with E-state index in [9.17, 15) is 0 Å². The molecule has 0 saturated carbocycles. The van der Waals surface area contributed by atoms with Crippen LogP contribution in [0.15, 0.2) is 48.8 Å². The van der Waals surface area contributed by atoms with Crippen molar-refractivity contribution in [3.63, 3.8) is 0 Å². The summed E-state index contributed by atoms with van der Waals surface area (Å²) in [7, 11) is 4.89. The van der Waals surface area contributed by atoms with E-state index in [0.717, 1.165) is 23.3 Å². The molecule has 0 aliphatic carbocycles. The van der Waals surface area contributed by atoms with E-state index in [1.165, 1.54) is 0 Å². The van der Waals surface area contributed by atoms with Crippen LogP contribution in [0, 0.1) is 0 Å². The van der Waals surface area contributed by atoms with Crippen LogP contribution in [0.25, 0.3) is 22.9 Å². The van der Waals surface area contributed by atoms with E-state index in [-0.39, 0.29) is 0 Å². The number of imidazole rings is 1. The predicted octanol–water partition coefficient (Wildman–Crippen LogP) is 3.30. The lowest BCUT2D eigenvalue weighted by Gasteiger charge is -2.12. The first-order chi connectivity index (χ1) is 14.6. The van der Waals surface area contributed by atoms with Crippen LogP contribution in [-0.4, -0.2) is 40.8 Å². The Labute approximate surface area is 174 Å². The maximum atomic E-state index is 6.09. The summed E-state index contributed by atoms with van der Waals surface area (Å²) in [6, 6.07) is 13.4. The number of ether oxygens (including phenoxy) is 3. The normalized spacial score (nSPS) is 10.9. The van der Waals surface area contributed by atoms with Crippen LogP contribution in [-0.2, 0) is 13.0 Å². The van der Waals surface area contributed by atoms with Crippen molar-refractivity contribution < 1.29 is 14.2 Å². The first kappa shape index (κ1) is 19.5. The molecule has 0 bridgehead atoms. The zero-order valence-electron chi connectivity index (χ0n) is 17.1. The highest BCUT2D eigenvalue weighted by Gasteiger charge is 2.22. The number of nitrogen functional groups attached to an aromatic ring is 1. The van der Waals surface area contributed by atoms with Gasteiger partial charge in [-0.25, -0.2) is 15.0 Å². The molecular formula is C22H23N5O3. The molecule has 0 atom stereocenters. The van der Waals surface area contributed by atoms with Gasteiger partial charge in [0.05, 0.1) is 33.2 Å². The molecule has 0 fully saturated rings. The van der Waals surface area contributed by atoms with Crippen LogP contribution in [0.4, 0.5) is 5.82 Å². The number of benzene rings is 2. The van der Waals surface area contributed by atoms with Gasteiger partial charge in [-0.05, 0) is 36.2 Å². The maximum absolute atomic E-state index is 6.09. The highest BCUT2D eigenvalue weighted by atomic mass is 16.5. The fraction of sp³-hybridized carbons (Fsp3) is 0.227. The predicted molar refractivity (Wildman–Crippen MR) is 114 cm³/mol. The van der Waals surface area contributed by atoms with Crippen molar-refractivity contribution in [3.05, 3.63) is 54.4 Å². The Bertz CT molecular complexity index is 1140. The zero-order chi connectivity index (χ0) is 21.1. The summed E-state index contributed by atoms with van der Waals surface area (Å²) < 4.78 is 18.2. The second kappa shape index (κ2) is 8.28. The second-order valence-corrected chi connectivity index (χ2v) is 6.67. The van der Waals surface area contributed by atoms with Crippen LogP contribution >= 0.6 is 0 Å². The van der Waals surface area contributed by atoms with Crippen LogP contribution in [0.3, 0.4) is 0 Å². The van der Waals surface area contributed by atoms with E-state index in [1.807, 2.05) is 47.0 Å². The second-order valence-electron chi connectivity index (χ2n) is 6.67. The third-order valence-corrected chi connectivity index (χ3v) is 4.95. The number of fused-ring (bicyclic) bond motifs is 1. The topological polar surface area (TPSA) is 97.3 Å². The van der Waals surface area contributed by atoms with E-state index < -0.39 is 0 Å². The molecule has 2 aliphatic heterocycles. The van der Waals surface area contributed by atoms with Gasteiger partial charge in [-0.15, -0.1) is 0 Å². The SMILES string of the molecule is COc1ccc(OC)c(-c2nc3c(N)ncn(CCc4ccccc4OC)c-3n2)c1. The van der Waals surface area contributed by atoms with Crippen molar-refractivity contribution in [2.75, 3.05) is 27.1 Å². The monoisotopic (exact) mass is 405 g/mol. The van der Waals surface area contributed by atoms with Crippen molar-refractivity contribution in [2.24, 2.45) is 0 Å². The molecule has 2 N–H and O–H groups in total. The molecule has 2 aromatic carbocycles. The molecule has 2 heterocycles. The van der Waals surface area contributed by atoms with Gasteiger partial charge in [-0.3, -0.25) is 0 Å². The van der Waals surface area contributed by atoms with Gasteiger partial charge in [0.15, 0.2) is 23.2 Å². The van der Waals surface area contributed by atoms with E-state index in [0.29, 0.717) is 41.2 Å².